The van der Waals surface area contributed by atoms with Crippen molar-refractivity contribution in [2.24, 2.45) is 0 Å². The zero-order valence-electron chi connectivity index (χ0n) is 10.4. The van der Waals surface area contributed by atoms with Crippen LogP contribution in [0, 0.1) is 0 Å². The van der Waals surface area contributed by atoms with Crippen LogP contribution in [-0.4, -0.2) is 19.8 Å². The molecule has 0 amide bonds. The second-order valence-corrected chi connectivity index (χ2v) is 7.11. The monoisotopic (exact) mass is 287 g/mol. The molecular formula is C13H18ClNO2S. The first-order valence-electron chi connectivity index (χ1n) is 6.26. The van der Waals surface area contributed by atoms with Gasteiger partial charge in [-0.25, -0.2) is 13.1 Å². The van der Waals surface area contributed by atoms with Crippen molar-refractivity contribution in [3.63, 3.8) is 0 Å². The van der Waals surface area contributed by atoms with Gasteiger partial charge in [-0.15, -0.1) is 11.6 Å². The topological polar surface area (TPSA) is 46.2 Å². The van der Waals surface area contributed by atoms with E-state index in [9.17, 15) is 8.42 Å². The van der Waals surface area contributed by atoms with E-state index in [4.69, 9.17) is 11.6 Å². The standard InChI is InChI=1S/C13H18ClNO2S/c1-2-3-10-4-6-13(7-5-10)18(16,17)15-12-8-11(14)9-12/h4-7,11-12,15H,2-3,8-9H2,1H3. The summed E-state index contributed by atoms with van der Waals surface area (Å²) in [7, 11) is -3.38. The molecule has 1 fully saturated rings. The molecule has 1 aromatic rings. The van der Waals surface area contributed by atoms with Gasteiger partial charge in [-0.1, -0.05) is 25.5 Å². The van der Waals surface area contributed by atoms with Crippen LogP contribution >= 0.6 is 11.6 Å². The number of benzene rings is 1. The molecule has 0 aromatic heterocycles. The van der Waals surface area contributed by atoms with Crippen molar-refractivity contribution in [2.75, 3.05) is 0 Å². The summed E-state index contributed by atoms with van der Waals surface area (Å²) < 4.78 is 26.8. The Kier molecular flexibility index (Phi) is 4.30. The Morgan fingerprint density at radius 3 is 2.39 bits per heavy atom. The first-order chi connectivity index (χ1) is 8.51. The largest absolute Gasteiger partial charge is 0.240 e. The third-order valence-corrected chi connectivity index (χ3v) is 5.07. The van der Waals surface area contributed by atoms with E-state index in [1.165, 1.54) is 5.56 Å². The minimum Gasteiger partial charge on any atom is -0.208 e. The summed E-state index contributed by atoms with van der Waals surface area (Å²) in [5, 5.41) is 0.115. The smallest absolute Gasteiger partial charge is 0.208 e. The number of nitrogens with one attached hydrogen (secondary N) is 1. The van der Waals surface area contributed by atoms with Crippen molar-refractivity contribution in [2.45, 2.75) is 48.9 Å². The van der Waals surface area contributed by atoms with Crippen LogP contribution in [0.3, 0.4) is 0 Å². The Labute approximate surface area is 114 Å². The van der Waals surface area contributed by atoms with E-state index in [1.807, 2.05) is 12.1 Å². The van der Waals surface area contributed by atoms with E-state index >= 15 is 0 Å². The fourth-order valence-electron chi connectivity index (χ4n) is 2.06. The van der Waals surface area contributed by atoms with Crippen molar-refractivity contribution in [1.29, 1.82) is 0 Å². The second kappa shape index (κ2) is 5.59. The number of rotatable bonds is 5. The van der Waals surface area contributed by atoms with Gasteiger partial charge in [0.25, 0.3) is 0 Å². The third kappa shape index (κ3) is 3.25. The normalized spacial score (nSPS) is 23.7. The van der Waals surface area contributed by atoms with Gasteiger partial charge in [0, 0.05) is 11.4 Å². The van der Waals surface area contributed by atoms with Crippen molar-refractivity contribution in [1.82, 2.24) is 4.72 Å². The molecule has 0 heterocycles. The fourth-order valence-corrected chi connectivity index (χ4v) is 3.75. The van der Waals surface area contributed by atoms with E-state index in [1.54, 1.807) is 12.1 Å². The number of aryl methyl sites for hydroxylation is 1. The average molecular weight is 288 g/mol. The summed E-state index contributed by atoms with van der Waals surface area (Å²) in [5.74, 6) is 0. The molecule has 0 saturated heterocycles. The lowest BCUT2D eigenvalue weighted by molar-refractivity contribution is 0.391. The summed E-state index contributed by atoms with van der Waals surface area (Å²) in [6.07, 6.45) is 3.47. The highest BCUT2D eigenvalue weighted by Gasteiger charge is 2.31. The summed E-state index contributed by atoms with van der Waals surface area (Å²) in [5.41, 5.74) is 1.17. The molecule has 5 heteroatoms. The van der Waals surface area contributed by atoms with E-state index in [0.717, 1.165) is 12.8 Å². The van der Waals surface area contributed by atoms with E-state index in [0.29, 0.717) is 17.7 Å². The summed E-state index contributed by atoms with van der Waals surface area (Å²) in [6, 6.07) is 7.09. The first kappa shape index (κ1) is 13.8. The van der Waals surface area contributed by atoms with Crippen LogP contribution in [0.4, 0.5) is 0 Å². The summed E-state index contributed by atoms with van der Waals surface area (Å²) >= 11 is 5.84. The average Bonchev–Trinajstić information content (AvgIpc) is 2.28. The van der Waals surface area contributed by atoms with Crippen LogP contribution in [0.2, 0.25) is 0 Å². The summed E-state index contributed by atoms with van der Waals surface area (Å²) in [6.45, 7) is 2.10. The molecular weight excluding hydrogens is 270 g/mol. The van der Waals surface area contributed by atoms with Crippen molar-refractivity contribution in [3.8, 4) is 0 Å². The molecule has 0 atom stereocenters. The van der Waals surface area contributed by atoms with Crippen molar-refractivity contribution in [3.05, 3.63) is 29.8 Å². The van der Waals surface area contributed by atoms with Gasteiger partial charge in [-0.05, 0) is 37.0 Å². The van der Waals surface area contributed by atoms with Crippen molar-refractivity contribution < 1.29 is 8.42 Å². The minimum atomic E-state index is -3.38. The van der Waals surface area contributed by atoms with Gasteiger partial charge in [0.15, 0.2) is 0 Å². The molecule has 1 N–H and O–H groups in total. The Hall–Kier alpha value is -0.580. The molecule has 2 rings (SSSR count). The fraction of sp³-hybridized carbons (Fsp3) is 0.538. The lowest BCUT2D eigenvalue weighted by Crippen LogP contribution is -2.44. The van der Waals surface area contributed by atoms with Gasteiger partial charge < -0.3 is 0 Å². The molecule has 1 aliphatic carbocycles. The number of alkyl halides is 1. The molecule has 0 aliphatic heterocycles. The van der Waals surface area contributed by atoms with Gasteiger partial charge in [-0.2, -0.15) is 0 Å². The maximum absolute atomic E-state index is 12.1. The molecule has 18 heavy (non-hydrogen) atoms. The SMILES string of the molecule is CCCc1ccc(S(=O)(=O)NC2CC(Cl)C2)cc1. The van der Waals surface area contributed by atoms with Crippen LogP contribution < -0.4 is 4.72 Å². The first-order valence-corrected chi connectivity index (χ1v) is 8.18. The molecule has 0 unspecified atom stereocenters. The predicted molar refractivity (Wildman–Crippen MR) is 73.4 cm³/mol. The van der Waals surface area contributed by atoms with Crippen LogP contribution in [0.1, 0.15) is 31.7 Å². The minimum absolute atomic E-state index is 0.00665. The molecule has 100 valence electrons. The van der Waals surface area contributed by atoms with Crippen LogP contribution in [-0.2, 0) is 16.4 Å². The van der Waals surface area contributed by atoms with Crippen LogP contribution in [0.25, 0.3) is 0 Å². The van der Waals surface area contributed by atoms with Gasteiger partial charge in [0.1, 0.15) is 0 Å². The molecule has 1 aliphatic rings. The third-order valence-electron chi connectivity index (χ3n) is 3.17. The van der Waals surface area contributed by atoms with Gasteiger partial charge in [0.05, 0.1) is 4.90 Å². The Morgan fingerprint density at radius 2 is 1.89 bits per heavy atom. The lowest BCUT2D eigenvalue weighted by Gasteiger charge is -2.31. The van der Waals surface area contributed by atoms with E-state index < -0.39 is 10.0 Å². The van der Waals surface area contributed by atoms with E-state index in [2.05, 4.69) is 11.6 Å². The number of halogens is 1. The second-order valence-electron chi connectivity index (χ2n) is 4.78. The zero-order chi connectivity index (χ0) is 13.2. The quantitative estimate of drug-likeness (QED) is 0.847. The predicted octanol–water partition coefficient (Wildman–Crippen LogP) is 2.69. The Morgan fingerprint density at radius 1 is 1.28 bits per heavy atom. The Bertz CT molecular complexity index is 492. The van der Waals surface area contributed by atoms with Gasteiger partial charge in [0.2, 0.25) is 10.0 Å². The highest BCUT2D eigenvalue weighted by atomic mass is 35.5. The lowest BCUT2D eigenvalue weighted by atomic mass is 9.94. The van der Waals surface area contributed by atoms with Gasteiger partial charge in [-0.3, -0.25) is 0 Å². The molecule has 1 saturated carbocycles. The van der Waals surface area contributed by atoms with Crippen molar-refractivity contribution >= 4 is 21.6 Å². The van der Waals surface area contributed by atoms with E-state index in [-0.39, 0.29) is 11.4 Å². The molecule has 0 spiro atoms. The van der Waals surface area contributed by atoms with Gasteiger partial charge >= 0.3 is 0 Å². The maximum Gasteiger partial charge on any atom is 0.240 e. The summed E-state index contributed by atoms with van der Waals surface area (Å²) in [4.78, 5) is 0.334. The number of hydrogen-bond donors (Lipinski definition) is 1. The zero-order valence-corrected chi connectivity index (χ0v) is 12.0. The highest BCUT2D eigenvalue weighted by molar-refractivity contribution is 7.89. The number of hydrogen-bond acceptors (Lipinski definition) is 2. The van der Waals surface area contributed by atoms with Crippen LogP contribution in [0.15, 0.2) is 29.2 Å². The molecule has 0 radical (unpaired) electrons. The molecule has 1 aromatic carbocycles. The molecule has 3 nitrogen and oxygen atoms in total. The number of sulfonamides is 1. The molecule has 0 bridgehead atoms. The highest BCUT2D eigenvalue weighted by Crippen LogP contribution is 2.26. The maximum atomic E-state index is 12.1. The Balaban J connectivity index is 2.04. The van der Waals surface area contributed by atoms with Crippen LogP contribution in [0.5, 0.6) is 0 Å².